The van der Waals surface area contributed by atoms with E-state index in [-0.39, 0.29) is 36.4 Å². The van der Waals surface area contributed by atoms with Gasteiger partial charge in [0.1, 0.15) is 17.3 Å². The summed E-state index contributed by atoms with van der Waals surface area (Å²) in [4.78, 5) is 16.4. The Hall–Kier alpha value is -3.36. The molecule has 182 valence electrons. The van der Waals surface area contributed by atoms with Gasteiger partial charge in [-0.25, -0.2) is 13.8 Å². The lowest BCUT2D eigenvalue weighted by atomic mass is 10.0. The molecule has 1 amide bonds. The van der Waals surface area contributed by atoms with Crippen molar-refractivity contribution in [2.45, 2.75) is 6.18 Å². The van der Waals surface area contributed by atoms with E-state index in [0.717, 1.165) is 29.7 Å². The number of hydrogen-bond donors (Lipinski definition) is 4. The number of aliphatic hydroxyl groups excluding tert-OH is 1. The summed E-state index contributed by atoms with van der Waals surface area (Å²) in [6, 6.07) is 2.89. The molecular weight excluding hydrogens is 485 g/mol. The number of carbonyl (C=O) groups excluding carboxylic acids is 1. The first-order valence-corrected chi connectivity index (χ1v) is 10.4. The van der Waals surface area contributed by atoms with Gasteiger partial charge in [-0.1, -0.05) is 6.07 Å². The second-order valence-electron chi connectivity index (χ2n) is 6.99. The van der Waals surface area contributed by atoms with E-state index in [2.05, 4.69) is 14.7 Å². The number of ether oxygens (including phenoxy) is 1. The molecule has 0 radical (unpaired) electrons. The van der Waals surface area contributed by atoms with Gasteiger partial charge < -0.3 is 26.6 Å². The molecule has 0 saturated carbocycles. The molecule has 0 aliphatic carbocycles. The highest BCUT2D eigenvalue weighted by atomic mass is 32.1. The number of benzene rings is 1. The summed E-state index contributed by atoms with van der Waals surface area (Å²) in [6.45, 7) is -0.0911. The lowest BCUT2D eigenvalue weighted by molar-refractivity contribution is -0.137. The van der Waals surface area contributed by atoms with E-state index in [1.807, 2.05) is 0 Å². The predicted molar refractivity (Wildman–Crippen MR) is 114 cm³/mol. The van der Waals surface area contributed by atoms with Crippen molar-refractivity contribution in [2.24, 2.45) is 11.7 Å². The molecule has 8 nitrogen and oxygen atoms in total. The largest absolute Gasteiger partial charge is 0.481 e. The predicted octanol–water partition coefficient (Wildman–Crippen LogP) is 3.28. The SMILES string of the molecule is NCC(CO)COc1sncc1NC(=O)c1nc(-c2c(F)cccc2F)c(C(F)(F)F)cc1N. The molecule has 0 saturated heterocycles. The van der Waals surface area contributed by atoms with E-state index in [1.54, 1.807) is 0 Å². The average molecular weight is 503 g/mol. The summed E-state index contributed by atoms with van der Waals surface area (Å²) >= 11 is 0.855. The van der Waals surface area contributed by atoms with Crippen molar-refractivity contribution in [3.63, 3.8) is 0 Å². The number of rotatable bonds is 8. The summed E-state index contributed by atoms with van der Waals surface area (Å²) in [7, 11) is 0. The van der Waals surface area contributed by atoms with Crippen molar-refractivity contribution in [3.05, 3.63) is 53.4 Å². The Morgan fingerprint density at radius 3 is 2.53 bits per heavy atom. The molecule has 14 heteroatoms. The van der Waals surface area contributed by atoms with Crippen molar-refractivity contribution >= 4 is 28.8 Å². The number of aliphatic hydroxyl groups is 1. The molecule has 1 atom stereocenters. The molecule has 1 aromatic carbocycles. The smallest absolute Gasteiger partial charge is 0.418 e. The zero-order valence-corrected chi connectivity index (χ0v) is 18.0. The number of anilines is 2. The van der Waals surface area contributed by atoms with Crippen LogP contribution in [0, 0.1) is 17.6 Å². The van der Waals surface area contributed by atoms with E-state index < -0.39 is 51.9 Å². The molecule has 0 aliphatic heterocycles. The fourth-order valence-electron chi connectivity index (χ4n) is 2.83. The number of nitrogens with one attached hydrogen (secondary N) is 1. The number of nitrogen functional groups attached to an aromatic ring is 1. The number of halogens is 5. The molecule has 0 fully saturated rings. The van der Waals surface area contributed by atoms with Crippen molar-refractivity contribution in [1.82, 2.24) is 9.36 Å². The molecule has 0 spiro atoms. The lowest BCUT2D eigenvalue weighted by Gasteiger charge is -2.16. The zero-order valence-electron chi connectivity index (χ0n) is 17.2. The van der Waals surface area contributed by atoms with Gasteiger partial charge in [-0.05, 0) is 18.2 Å². The molecule has 2 heterocycles. The minimum atomic E-state index is -5.06. The highest BCUT2D eigenvalue weighted by Gasteiger charge is 2.37. The van der Waals surface area contributed by atoms with Crippen LogP contribution in [0.1, 0.15) is 16.1 Å². The van der Waals surface area contributed by atoms with E-state index in [9.17, 15) is 31.9 Å². The van der Waals surface area contributed by atoms with Crippen LogP contribution in [-0.4, -0.2) is 40.1 Å². The van der Waals surface area contributed by atoms with Crippen LogP contribution in [0.4, 0.5) is 33.3 Å². The van der Waals surface area contributed by atoms with E-state index >= 15 is 0 Å². The van der Waals surface area contributed by atoms with Gasteiger partial charge in [-0.2, -0.15) is 17.5 Å². The minimum Gasteiger partial charge on any atom is -0.481 e. The Balaban J connectivity index is 1.99. The van der Waals surface area contributed by atoms with E-state index in [0.29, 0.717) is 6.07 Å². The third-order valence-electron chi connectivity index (χ3n) is 4.60. The summed E-state index contributed by atoms with van der Waals surface area (Å²) < 4.78 is 78.6. The second-order valence-corrected chi connectivity index (χ2v) is 7.76. The van der Waals surface area contributed by atoms with Crippen LogP contribution in [0.15, 0.2) is 30.5 Å². The monoisotopic (exact) mass is 503 g/mol. The highest BCUT2D eigenvalue weighted by molar-refractivity contribution is 7.08. The summed E-state index contributed by atoms with van der Waals surface area (Å²) in [5.74, 6) is -4.04. The number of alkyl halides is 3. The molecular formula is C20H18F5N5O3S. The maximum absolute atomic E-state index is 14.3. The van der Waals surface area contributed by atoms with Crippen molar-refractivity contribution in [3.8, 4) is 16.3 Å². The van der Waals surface area contributed by atoms with Gasteiger partial charge in [0.2, 0.25) is 5.06 Å². The molecule has 34 heavy (non-hydrogen) atoms. The van der Waals surface area contributed by atoms with Gasteiger partial charge in [0, 0.05) is 24.0 Å². The van der Waals surface area contributed by atoms with Crippen LogP contribution in [-0.2, 0) is 6.18 Å². The molecule has 0 aliphatic rings. The Bertz CT molecular complexity index is 1160. The second kappa shape index (κ2) is 10.3. The Kier molecular flexibility index (Phi) is 7.64. The molecule has 3 rings (SSSR count). The number of amides is 1. The van der Waals surface area contributed by atoms with Gasteiger partial charge in [0.05, 0.1) is 41.9 Å². The van der Waals surface area contributed by atoms with Gasteiger partial charge >= 0.3 is 6.18 Å². The quantitative estimate of drug-likeness (QED) is 0.346. The minimum absolute atomic E-state index is 0.00937. The van der Waals surface area contributed by atoms with Crippen LogP contribution in [0.3, 0.4) is 0 Å². The maximum Gasteiger partial charge on any atom is 0.418 e. The standard InChI is InChI=1S/C20H18F5N5O3S/c21-11-2-1-3-12(22)15(11)16-10(20(23,24)25)4-13(27)17(30-16)18(32)29-14-6-28-34-19(14)33-8-9(5-26)7-31/h1-4,6,9,31H,5,7-8,26-27H2,(H,29,32). The number of aromatic nitrogens is 2. The van der Waals surface area contributed by atoms with Crippen molar-refractivity contribution < 1.29 is 36.6 Å². The van der Waals surface area contributed by atoms with Gasteiger partial charge in [-0.3, -0.25) is 4.79 Å². The summed E-state index contributed by atoms with van der Waals surface area (Å²) in [5.41, 5.74) is 6.12. The van der Waals surface area contributed by atoms with Crippen LogP contribution in [0.5, 0.6) is 5.06 Å². The fraction of sp³-hybridized carbons (Fsp3) is 0.250. The first-order chi connectivity index (χ1) is 16.1. The summed E-state index contributed by atoms with van der Waals surface area (Å²) in [6.07, 6.45) is -3.85. The highest BCUT2D eigenvalue weighted by Crippen LogP contribution is 2.40. The van der Waals surface area contributed by atoms with Crippen molar-refractivity contribution in [1.29, 1.82) is 0 Å². The number of nitrogens with two attached hydrogens (primary N) is 2. The third kappa shape index (κ3) is 5.40. The molecule has 0 bridgehead atoms. The van der Waals surface area contributed by atoms with Crippen LogP contribution >= 0.6 is 11.5 Å². The third-order valence-corrected chi connectivity index (χ3v) is 5.31. The Morgan fingerprint density at radius 1 is 1.26 bits per heavy atom. The van der Waals surface area contributed by atoms with Gasteiger partial charge in [-0.15, -0.1) is 0 Å². The topological polar surface area (TPSA) is 136 Å². The Morgan fingerprint density at radius 2 is 1.94 bits per heavy atom. The summed E-state index contributed by atoms with van der Waals surface area (Å²) in [5, 5.41) is 11.7. The van der Waals surface area contributed by atoms with E-state index in [4.69, 9.17) is 16.2 Å². The molecule has 6 N–H and O–H groups in total. The normalized spacial score (nSPS) is 12.4. The number of nitrogens with zero attached hydrogens (tertiary/aromatic N) is 2. The van der Waals surface area contributed by atoms with Crippen LogP contribution < -0.4 is 21.5 Å². The maximum atomic E-state index is 14.3. The molecule has 3 aromatic rings. The van der Waals surface area contributed by atoms with Gasteiger partial charge in [0.25, 0.3) is 5.91 Å². The number of hydrogen-bond acceptors (Lipinski definition) is 8. The Labute approximate surface area is 193 Å². The van der Waals surface area contributed by atoms with Crippen LogP contribution in [0.2, 0.25) is 0 Å². The van der Waals surface area contributed by atoms with Crippen molar-refractivity contribution in [2.75, 3.05) is 30.8 Å². The lowest BCUT2D eigenvalue weighted by Crippen LogP contribution is -2.25. The number of carbonyl (C=O) groups is 1. The van der Waals surface area contributed by atoms with Gasteiger partial charge in [0.15, 0.2) is 5.69 Å². The first kappa shape index (κ1) is 25.3. The molecule has 1 unspecified atom stereocenters. The van der Waals surface area contributed by atoms with E-state index in [1.165, 1.54) is 6.20 Å². The zero-order chi connectivity index (χ0) is 25.0. The molecule has 2 aromatic heterocycles. The first-order valence-electron chi connectivity index (χ1n) is 9.58. The average Bonchev–Trinajstić information content (AvgIpc) is 3.21. The number of pyridine rings is 1. The van der Waals surface area contributed by atoms with Crippen LogP contribution in [0.25, 0.3) is 11.3 Å². The fourth-order valence-corrected chi connectivity index (χ4v) is 3.40.